The van der Waals surface area contributed by atoms with E-state index in [4.69, 9.17) is 4.74 Å². The van der Waals surface area contributed by atoms with E-state index in [0.717, 1.165) is 19.4 Å². The van der Waals surface area contributed by atoms with Crippen molar-refractivity contribution in [1.29, 1.82) is 0 Å². The second kappa shape index (κ2) is 6.20. The average Bonchev–Trinajstić information content (AvgIpc) is 2.15. The Morgan fingerprint density at radius 2 is 2.08 bits per heavy atom. The third-order valence-corrected chi connectivity index (χ3v) is 2.74. The molecule has 78 valence electrons. The zero-order valence-electron chi connectivity index (χ0n) is 9.60. The highest BCUT2D eigenvalue weighted by Gasteiger charge is 2.21. The van der Waals surface area contributed by atoms with Crippen LogP contribution in [-0.4, -0.2) is 12.2 Å². The van der Waals surface area contributed by atoms with Crippen molar-refractivity contribution in [3.8, 4) is 0 Å². The summed E-state index contributed by atoms with van der Waals surface area (Å²) in [6, 6.07) is 0. The standard InChI is InChI=1S/C12H24O/c1-6-9-12(5,8-3)13-10-11(4)7-2/h6,11H,1,7-10H2,2-5H3. The fourth-order valence-electron chi connectivity index (χ4n) is 1.07. The maximum absolute atomic E-state index is 5.90. The molecule has 2 unspecified atom stereocenters. The highest BCUT2D eigenvalue weighted by atomic mass is 16.5. The summed E-state index contributed by atoms with van der Waals surface area (Å²) in [5.41, 5.74) is 0.00514. The summed E-state index contributed by atoms with van der Waals surface area (Å²) in [5, 5.41) is 0. The minimum absolute atomic E-state index is 0.00514. The molecular formula is C12H24O. The summed E-state index contributed by atoms with van der Waals surface area (Å²) in [6.45, 7) is 13.4. The SMILES string of the molecule is C=CCC(C)(CC)OCC(C)CC. The summed E-state index contributed by atoms with van der Waals surface area (Å²) in [7, 11) is 0. The van der Waals surface area contributed by atoms with Gasteiger partial charge in [0.15, 0.2) is 0 Å². The second-order valence-electron chi connectivity index (χ2n) is 4.12. The first-order chi connectivity index (χ1) is 6.08. The number of hydrogen-bond acceptors (Lipinski definition) is 1. The molecule has 0 spiro atoms. The van der Waals surface area contributed by atoms with Gasteiger partial charge in [0, 0.05) is 6.61 Å². The minimum atomic E-state index is 0.00514. The molecule has 0 fully saturated rings. The van der Waals surface area contributed by atoms with E-state index in [1.807, 2.05) is 6.08 Å². The van der Waals surface area contributed by atoms with E-state index < -0.39 is 0 Å². The van der Waals surface area contributed by atoms with Crippen LogP contribution in [0, 0.1) is 5.92 Å². The molecule has 0 N–H and O–H groups in total. The first kappa shape index (κ1) is 12.7. The Morgan fingerprint density at radius 3 is 2.46 bits per heavy atom. The summed E-state index contributed by atoms with van der Waals surface area (Å²) in [5.74, 6) is 0.663. The zero-order valence-corrected chi connectivity index (χ0v) is 9.60. The molecule has 0 saturated carbocycles. The van der Waals surface area contributed by atoms with Gasteiger partial charge in [0.1, 0.15) is 0 Å². The molecule has 0 amide bonds. The third-order valence-electron chi connectivity index (χ3n) is 2.74. The Labute approximate surface area is 83.2 Å². The molecule has 0 aliphatic carbocycles. The zero-order chi connectivity index (χ0) is 10.3. The van der Waals surface area contributed by atoms with Crippen LogP contribution in [0.1, 0.15) is 47.0 Å². The smallest absolute Gasteiger partial charge is 0.0686 e. The van der Waals surface area contributed by atoms with Crippen molar-refractivity contribution < 1.29 is 4.74 Å². The lowest BCUT2D eigenvalue weighted by Crippen LogP contribution is -2.29. The summed E-state index contributed by atoms with van der Waals surface area (Å²) >= 11 is 0. The van der Waals surface area contributed by atoms with Crippen LogP contribution in [0.25, 0.3) is 0 Å². The molecule has 0 aliphatic rings. The number of rotatable bonds is 7. The van der Waals surface area contributed by atoms with Crippen LogP contribution in [0.3, 0.4) is 0 Å². The second-order valence-corrected chi connectivity index (χ2v) is 4.12. The van der Waals surface area contributed by atoms with Gasteiger partial charge in [-0.15, -0.1) is 6.58 Å². The van der Waals surface area contributed by atoms with Gasteiger partial charge < -0.3 is 4.74 Å². The molecule has 0 aromatic rings. The Hall–Kier alpha value is -0.300. The van der Waals surface area contributed by atoms with Gasteiger partial charge in [-0.3, -0.25) is 0 Å². The fourth-order valence-corrected chi connectivity index (χ4v) is 1.07. The lowest BCUT2D eigenvalue weighted by Gasteiger charge is -2.28. The molecule has 1 heteroatoms. The molecule has 1 nitrogen and oxygen atoms in total. The van der Waals surface area contributed by atoms with Crippen molar-refractivity contribution in [2.75, 3.05) is 6.61 Å². The largest absolute Gasteiger partial charge is 0.375 e. The van der Waals surface area contributed by atoms with Gasteiger partial charge in [0.05, 0.1) is 5.60 Å². The molecule has 0 aromatic carbocycles. The van der Waals surface area contributed by atoms with E-state index in [-0.39, 0.29) is 5.60 Å². The lowest BCUT2D eigenvalue weighted by molar-refractivity contribution is -0.0467. The summed E-state index contributed by atoms with van der Waals surface area (Å²) in [4.78, 5) is 0. The number of hydrogen-bond donors (Lipinski definition) is 0. The van der Waals surface area contributed by atoms with Gasteiger partial charge in [0.25, 0.3) is 0 Å². The van der Waals surface area contributed by atoms with E-state index in [9.17, 15) is 0 Å². The van der Waals surface area contributed by atoms with Crippen molar-refractivity contribution in [1.82, 2.24) is 0 Å². The van der Waals surface area contributed by atoms with Crippen LogP contribution in [-0.2, 0) is 4.74 Å². The van der Waals surface area contributed by atoms with E-state index in [1.54, 1.807) is 0 Å². The van der Waals surface area contributed by atoms with E-state index >= 15 is 0 Å². The maximum atomic E-state index is 5.90. The maximum Gasteiger partial charge on any atom is 0.0686 e. The van der Waals surface area contributed by atoms with Crippen LogP contribution in [0.5, 0.6) is 0 Å². The molecule has 0 aromatic heterocycles. The van der Waals surface area contributed by atoms with Crippen molar-refractivity contribution >= 4 is 0 Å². The summed E-state index contributed by atoms with van der Waals surface area (Å²) in [6.07, 6.45) is 5.13. The molecule has 0 bridgehead atoms. The van der Waals surface area contributed by atoms with Crippen molar-refractivity contribution in [3.63, 3.8) is 0 Å². The predicted octanol–water partition coefficient (Wildman–Crippen LogP) is 3.79. The molecule has 13 heavy (non-hydrogen) atoms. The van der Waals surface area contributed by atoms with Crippen LogP contribution in [0.4, 0.5) is 0 Å². The Balaban J connectivity index is 3.89. The molecule has 2 atom stereocenters. The van der Waals surface area contributed by atoms with Crippen molar-refractivity contribution in [2.24, 2.45) is 5.92 Å². The van der Waals surface area contributed by atoms with Crippen molar-refractivity contribution in [3.05, 3.63) is 12.7 Å². The topological polar surface area (TPSA) is 9.23 Å². The van der Waals surface area contributed by atoms with Crippen LogP contribution in [0.2, 0.25) is 0 Å². The third kappa shape index (κ3) is 5.09. The van der Waals surface area contributed by atoms with Gasteiger partial charge in [-0.05, 0) is 25.7 Å². The van der Waals surface area contributed by atoms with E-state index in [1.165, 1.54) is 6.42 Å². The van der Waals surface area contributed by atoms with Gasteiger partial charge in [-0.2, -0.15) is 0 Å². The minimum Gasteiger partial charge on any atom is -0.375 e. The Kier molecular flexibility index (Phi) is 6.06. The van der Waals surface area contributed by atoms with Gasteiger partial charge in [-0.1, -0.05) is 33.3 Å². The molecule has 0 heterocycles. The number of ether oxygens (including phenoxy) is 1. The van der Waals surface area contributed by atoms with Gasteiger partial charge >= 0.3 is 0 Å². The Morgan fingerprint density at radius 1 is 1.46 bits per heavy atom. The molecule has 0 radical (unpaired) electrons. The average molecular weight is 184 g/mol. The van der Waals surface area contributed by atoms with Gasteiger partial charge in [-0.25, -0.2) is 0 Å². The highest BCUT2D eigenvalue weighted by Crippen LogP contribution is 2.21. The predicted molar refractivity (Wildman–Crippen MR) is 58.9 cm³/mol. The normalized spacial score (nSPS) is 17.8. The van der Waals surface area contributed by atoms with Crippen LogP contribution in [0.15, 0.2) is 12.7 Å². The van der Waals surface area contributed by atoms with Crippen LogP contribution >= 0.6 is 0 Å². The van der Waals surface area contributed by atoms with Gasteiger partial charge in [0.2, 0.25) is 0 Å². The first-order valence-corrected chi connectivity index (χ1v) is 5.32. The molecular weight excluding hydrogens is 160 g/mol. The Bertz CT molecular complexity index is 142. The van der Waals surface area contributed by atoms with Crippen LogP contribution < -0.4 is 0 Å². The van der Waals surface area contributed by atoms with E-state index in [2.05, 4.69) is 34.3 Å². The van der Waals surface area contributed by atoms with Crippen molar-refractivity contribution in [2.45, 2.75) is 52.6 Å². The lowest BCUT2D eigenvalue weighted by atomic mass is 9.98. The molecule has 0 rings (SSSR count). The first-order valence-electron chi connectivity index (χ1n) is 5.32. The quantitative estimate of drug-likeness (QED) is 0.547. The molecule has 0 saturated heterocycles. The monoisotopic (exact) mass is 184 g/mol. The van der Waals surface area contributed by atoms with E-state index in [0.29, 0.717) is 5.92 Å². The molecule has 0 aliphatic heterocycles. The summed E-state index contributed by atoms with van der Waals surface area (Å²) < 4.78 is 5.90. The highest BCUT2D eigenvalue weighted by molar-refractivity contribution is 4.83. The fraction of sp³-hybridized carbons (Fsp3) is 0.833.